The van der Waals surface area contributed by atoms with Crippen molar-refractivity contribution in [1.29, 1.82) is 0 Å². The van der Waals surface area contributed by atoms with Gasteiger partial charge >= 0.3 is 0 Å². The van der Waals surface area contributed by atoms with Crippen LogP contribution in [-0.4, -0.2) is 10.3 Å². The molecular weight excluding hydrogens is 218 g/mol. The van der Waals surface area contributed by atoms with E-state index in [-0.39, 0.29) is 0 Å². The molecule has 1 nitrogen and oxygen atoms in total. The zero-order valence-electron chi connectivity index (χ0n) is 6.93. The summed E-state index contributed by atoms with van der Waals surface area (Å²) < 4.78 is 4.34. The Labute approximate surface area is 91.4 Å². The van der Waals surface area contributed by atoms with Crippen molar-refractivity contribution in [2.24, 2.45) is 0 Å². The van der Waals surface area contributed by atoms with Gasteiger partial charge in [-0.05, 0) is 24.4 Å². The van der Waals surface area contributed by atoms with E-state index in [1.54, 1.807) is 11.3 Å². The van der Waals surface area contributed by atoms with Crippen molar-refractivity contribution in [2.45, 2.75) is 6.54 Å². The second-order valence-corrected chi connectivity index (χ2v) is 4.83. The lowest BCUT2D eigenvalue weighted by molar-refractivity contribution is 0.805. The van der Waals surface area contributed by atoms with Crippen LogP contribution in [0, 0.1) is 3.95 Å². The molecular formula is C9H9NS3. The van der Waals surface area contributed by atoms with E-state index in [1.165, 1.54) is 10.2 Å². The Morgan fingerprint density at radius 2 is 2.15 bits per heavy atom. The third-order valence-corrected chi connectivity index (χ3v) is 3.53. The quantitative estimate of drug-likeness (QED) is 0.609. The van der Waals surface area contributed by atoms with Crippen molar-refractivity contribution in [3.63, 3.8) is 0 Å². The third kappa shape index (κ3) is 1.66. The number of thiol groups is 1. The first-order chi connectivity index (χ1) is 6.33. The maximum absolute atomic E-state index is 5.27. The van der Waals surface area contributed by atoms with Crippen molar-refractivity contribution < 1.29 is 0 Å². The maximum atomic E-state index is 5.27. The number of nitrogens with zero attached hydrogens (tertiary/aromatic N) is 1. The molecule has 1 heterocycles. The summed E-state index contributed by atoms with van der Waals surface area (Å²) in [6.07, 6.45) is 0. The average molecular weight is 227 g/mol. The van der Waals surface area contributed by atoms with E-state index >= 15 is 0 Å². The third-order valence-electron chi connectivity index (χ3n) is 1.90. The van der Waals surface area contributed by atoms with Gasteiger partial charge in [-0.2, -0.15) is 12.6 Å². The van der Waals surface area contributed by atoms with Gasteiger partial charge in [-0.1, -0.05) is 12.1 Å². The summed E-state index contributed by atoms with van der Waals surface area (Å²) in [5, 5.41) is 0. The monoisotopic (exact) mass is 227 g/mol. The van der Waals surface area contributed by atoms with E-state index < -0.39 is 0 Å². The van der Waals surface area contributed by atoms with Crippen LogP contribution in [0.2, 0.25) is 0 Å². The molecule has 0 N–H and O–H groups in total. The van der Waals surface area contributed by atoms with E-state index in [1.807, 2.05) is 12.1 Å². The summed E-state index contributed by atoms with van der Waals surface area (Å²) >= 11 is 11.1. The van der Waals surface area contributed by atoms with Gasteiger partial charge in [-0.15, -0.1) is 11.3 Å². The topological polar surface area (TPSA) is 4.93 Å². The number of benzene rings is 1. The zero-order valence-corrected chi connectivity index (χ0v) is 9.46. The molecule has 0 bridgehead atoms. The van der Waals surface area contributed by atoms with Crippen LogP contribution in [0.25, 0.3) is 10.2 Å². The van der Waals surface area contributed by atoms with Crippen molar-refractivity contribution in [3.8, 4) is 0 Å². The molecule has 0 unspecified atom stereocenters. The van der Waals surface area contributed by atoms with Crippen LogP contribution < -0.4 is 0 Å². The molecule has 2 rings (SSSR count). The fourth-order valence-electron chi connectivity index (χ4n) is 1.33. The second kappa shape index (κ2) is 3.82. The number of aromatic nitrogens is 1. The lowest BCUT2D eigenvalue weighted by Crippen LogP contribution is -1.97. The minimum atomic E-state index is 0.828. The van der Waals surface area contributed by atoms with Crippen LogP contribution in [0.5, 0.6) is 0 Å². The van der Waals surface area contributed by atoms with E-state index in [2.05, 4.69) is 29.3 Å². The molecule has 13 heavy (non-hydrogen) atoms. The number of aryl methyl sites for hydroxylation is 1. The molecule has 0 saturated carbocycles. The number of thiazole rings is 1. The highest BCUT2D eigenvalue weighted by Gasteiger charge is 2.01. The fourth-order valence-corrected chi connectivity index (χ4v) is 2.90. The summed E-state index contributed by atoms with van der Waals surface area (Å²) in [5.74, 6) is 0.828. The lowest BCUT2D eigenvalue weighted by Gasteiger charge is -2.00. The molecule has 1 aromatic carbocycles. The molecule has 0 aliphatic carbocycles. The smallest absolute Gasteiger partial charge is 0.162 e. The molecule has 0 aliphatic heterocycles. The molecule has 0 fully saturated rings. The minimum absolute atomic E-state index is 0.828. The Morgan fingerprint density at radius 3 is 2.92 bits per heavy atom. The maximum Gasteiger partial charge on any atom is 0.162 e. The van der Waals surface area contributed by atoms with Crippen LogP contribution in [0.3, 0.4) is 0 Å². The molecule has 68 valence electrons. The van der Waals surface area contributed by atoms with E-state index in [0.29, 0.717) is 0 Å². The standard InChI is InChI=1S/C9H9NS3/c11-6-5-10-7-3-1-2-4-8(7)13-9(10)12/h1-4,11H,5-6H2. The van der Waals surface area contributed by atoms with Gasteiger partial charge in [0, 0.05) is 12.3 Å². The van der Waals surface area contributed by atoms with Crippen LogP contribution in [0.4, 0.5) is 0 Å². The van der Waals surface area contributed by atoms with Crippen LogP contribution in [0.15, 0.2) is 24.3 Å². The van der Waals surface area contributed by atoms with Gasteiger partial charge in [0.05, 0.1) is 10.2 Å². The van der Waals surface area contributed by atoms with Crippen molar-refractivity contribution >= 4 is 46.4 Å². The Kier molecular flexibility index (Phi) is 2.71. The molecule has 0 saturated heterocycles. The number of hydrogen-bond donors (Lipinski definition) is 1. The number of fused-ring (bicyclic) bond motifs is 1. The highest BCUT2D eigenvalue weighted by molar-refractivity contribution is 7.80. The van der Waals surface area contributed by atoms with E-state index in [9.17, 15) is 0 Å². The number of hydrogen-bond acceptors (Lipinski definition) is 3. The Bertz CT molecular complexity index is 469. The second-order valence-electron chi connectivity index (χ2n) is 2.71. The van der Waals surface area contributed by atoms with E-state index in [4.69, 9.17) is 12.2 Å². The van der Waals surface area contributed by atoms with Gasteiger partial charge in [0.25, 0.3) is 0 Å². The Balaban J connectivity index is 2.71. The number of rotatable bonds is 2. The fraction of sp³-hybridized carbons (Fsp3) is 0.222. The summed E-state index contributed by atoms with van der Waals surface area (Å²) in [6.45, 7) is 0.895. The van der Waals surface area contributed by atoms with Crippen molar-refractivity contribution in [2.75, 3.05) is 5.75 Å². The normalized spacial score (nSPS) is 10.8. The predicted octanol–water partition coefficient (Wildman–Crippen LogP) is 3.36. The molecule has 0 spiro atoms. The largest absolute Gasteiger partial charge is 0.322 e. The Hall–Kier alpha value is -0.320. The van der Waals surface area contributed by atoms with Crippen molar-refractivity contribution in [1.82, 2.24) is 4.57 Å². The van der Waals surface area contributed by atoms with Gasteiger partial charge in [0.1, 0.15) is 0 Å². The van der Waals surface area contributed by atoms with Crippen LogP contribution in [-0.2, 0) is 6.54 Å². The first kappa shape index (κ1) is 9.24. The molecule has 0 amide bonds. The summed E-state index contributed by atoms with van der Waals surface area (Å²) in [4.78, 5) is 0. The van der Waals surface area contributed by atoms with Crippen LogP contribution >= 0.6 is 36.2 Å². The lowest BCUT2D eigenvalue weighted by atomic mass is 10.3. The first-order valence-corrected chi connectivity index (χ1v) is 5.88. The van der Waals surface area contributed by atoms with E-state index in [0.717, 1.165) is 16.3 Å². The number of para-hydroxylation sites is 1. The minimum Gasteiger partial charge on any atom is -0.322 e. The SMILES string of the molecule is S=c1sc2ccccc2n1CCS. The Morgan fingerprint density at radius 1 is 1.38 bits per heavy atom. The molecule has 0 atom stereocenters. The highest BCUT2D eigenvalue weighted by Crippen LogP contribution is 2.22. The highest BCUT2D eigenvalue weighted by atomic mass is 32.1. The van der Waals surface area contributed by atoms with Gasteiger partial charge in [-0.25, -0.2) is 0 Å². The zero-order chi connectivity index (χ0) is 9.26. The molecule has 0 aliphatic rings. The van der Waals surface area contributed by atoms with Crippen molar-refractivity contribution in [3.05, 3.63) is 28.2 Å². The first-order valence-electron chi connectivity index (χ1n) is 4.02. The van der Waals surface area contributed by atoms with Gasteiger partial charge < -0.3 is 4.57 Å². The summed E-state index contributed by atoms with van der Waals surface area (Å²) in [5.41, 5.74) is 1.23. The van der Waals surface area contributed by atoms with Crippen LogP contribution in [0.1, 0.15) is 0 Å². The molecule has 4 heteroatoms. The molecule has 2 aromatic rings. The average Bonchev–Trinajstić information content (AvgIpc) is 2.44. The van der Waals surface area contributed by atoms with Gasteiger partial charge in [0.2, 0.25) is 0 Å². The van der Waals surface area contributed by atoms with Gasteiger partial charge in [-0.3, -0.25) is 0 Å². The molecule has 0 radical (unpaired) electrons. The summed E-state index contributed by atoms with van der Waals surface area (Å²) in [6, 6.07) is 8.29. The molecule has 1 aromatic heterocycles. The van der Waals surface area contributed by atoms with Gasteiger partial charge in [0.15, 0.2) is 3.95 Å². The summed E-state index contributed by atoms with van der Waals surface area (Å²) in [7, 11) is 0. The predicted molar refractivity (Wildman–Crippen MR) is 64.5 cm³/mol.